The molecule has 0 saturated carbocycles. The van der Waals surface area contributed by atoms with Gasteiger partial charge in [-0.25, -0.2) is 13.1 Å². The summed E-state index contributed by atoms with van der Waals surface area (Å²) in [6.45, 7) is 4.17. The number of nitrogens with zero attached hydrogens (tertiary/aromatic N) is 3. The average molecular weight is 433 g/mol. The largest absolute Gasteiger partial charge is 0.275 e. The van der Waals surface area contributed by atoms with Crippen molar-refractivity contribution >= 4 is 10.0 Å². The molecule has 0 amide bonds. The Labute approximate surface area is 182 Å². The zero-order chi connectivity index (χ0) is 22.0. The summed E-state index contributed by atoms with van der Waals surface area (Å²) in [7, 11) is -1.65. The summed E-state index contributed by atoms with van der Waals surface area (Å²) in [6, 6.07) is 16.6. The van der Waals surface area contributed by atoms with Crippen molar-refractivity contribution in [3.05, 3.63) is 89.9 Å². The van der Waals surface area contributed by atoms with Crippen LogP contribution in [0.2, 0.25) is 0 Å². The number of hydrogen-bond acceptors (Lipinski definition) is 4. The van der Waals surface area contributed by atoms with Crippen LogP contribution < -0.4 is 4.72 Å². The fraction of sp³-hybridized carbons (Fsp3) is 0.167. The molecule has 2 heterocycles. The van der Waals surface area contributed by atoms with E-state index in [-0.39, 0.29) is 11.4 Å². The molecular weight excluding hydrogens is 408 g/mol. The van der Waals surface area contributed by atoms with Gasteiger partial charge in [0.15, 0.2) is 0 Å². The first-order valence-corrected chi connectivity index (χ1v) is 11.4. The highest BCUT2D eigenvalue weighted by Crippen LogP contribution is 2.32. The SMILES string of the molecule is Cc1ccc(S(=O)(=O)NCc2ccc(-c3nn(C)cc3-c3ccncc3C)cc2)cc1. The number of aromatic nitrogens is 3. The van der Waals surface area contributed by atoms with Crippen LogP contribution in [0.4, 0.5) is 0 Å². The summed E-state index contributed by atoms with van der Waals surface area (Å²) < 4.78 is 29.5. The van der Waals surface area contributed by atoms with Crippen LogP contribution in [0.5, 0.6) is 0 Å². The third kappa shape index (κ3) is 4.57. The van der Waals surface area contributed by atoms with Crippen LogP contribution in [0.15, 0.2) is 78.1 Å². The van der Waals surface area contributed by atoms with Gasteiger partial charge >= 0.3 is 0 Å². The van der Waals surface area contributed by atoms with Gasteiger partial charge in [-0.05, 0) is 48.7 Å². The van der Waals surface area contributed by atoms with Crippen molar-refractivity contribution < 1.29 is 8.42 Å². The molecule has 158 valence electrons. The maximum atomic E-state index is 12.5. The Morgan fingerprint density at radius 2 is 1.65 bits per heavy atom. The molecule has 4 rings (SSSR count). The lowest BCUT2D eigenvalue weighted by Crippen LogP contribution is -2.23. The number of benzene rings is 2. The highest BCUT2D eigenvalue weighted by atomic mass is 32.2. The van der Waals surface area contributed by atoms with Gasteiger partial charge in [0, 0.05) is 43.3 Å². The molecule has 0 spiro atoms. The third-order valence-electron chi connectivity index (χ3n) is 5.16. The van der Waals surface area contributed by atoms with Crippen LogP contribution in [0.1, 0.15) is 16.7 Å². The molecule has 4 aromatic rings. The molecule has 31 heavy (non-hydrogen) atoms. The highest BCUT2D eigenvalue weighted by Gasteiger charge is 2.15. The van der Waals surface area contributed by atoms with E-state index in [1.54, 1.807) is 35.1 Å². The monoisotopic (exact) mass is 432 g/mol. The summed E-state index contributed by atoms with van der Waals surface area (Å²) >= 11 is 0. The van der Waals surface area contributed by atoms with E-state index in [1.807, 2.05) is 63.6 Å². The van der Waals surface area contributed by atoms with Gasteiger partial charge < -0.3 is 0 Å². The predicted octanol–water partition coefficient (Wildman–Crippen LogP) is 4.24. The first-order valence-electron chi connectivity index (χ1n) is 9.94. The number of aryl methyl sites for hydroxylation is 3. The first-order chi connectivity index (χ1) is 14.8. The lowest BCUT2D eigenvalue weighted by atomic mass is 9.99. The van der Waals surface area contributed by atoms with E-state index in [0.29, 0.717) is 0 Å². The van der Waals surface area contributed by atoms with E-state index in [4.69, 9.17) is 0 Å². The van der Waals surface area contributed by atoms with Gasteiger partial charge in [-0.15, -0.1) is 0 Å². The Balaban J connectivity index is 1.55. The minimum atomic E-state index is -3.55. The molecule has 0 fully saturated rings. The van der Waals surface area contributed by atoms with Crippen molar-refractivity contribution in [1.29, 1.82) is 0 Å². The molecule has 0 saturated heterocycles. The third-order valence-corrected chi connectivity index (χ3v) is 6.58. The highest BCUT2D eigenvalue weighted by molar-refractivity contribution is 7.89. The molecule has 2 aromatic heterocycles. The fourth-order valence-corrected chi connectivity index (χ4v) is 4.45. The van der Waals surface area contributed by atoms with E-state index >= 15 is 0 Å². The van der Waals surface area contributed by atoms with Crippen LogP contribution in [0, 0.1) is 13.8 Å². The van der Waals surface area contributed by atoms with Gasteiger partial charge in [-0.1, -0.05) is 42.0 Å². The second kappa shape index (κ2) is 8.45. The van der Waals surface area contributed by atoms with Crippen molar-refractivity contribution in [3.8, 4) is 22.4 Å². The average Bonchev–Trinajstić information content (AvgIpc) is 3.15. The van der Waals surface area contributed by atoms with Crippen LogP contribution in [-0.2, 0) is 23.6 Å². The van der Waals surface area contributed by atoms with E-state index < -0.39 is 10.0 Å². The van der Waals surface area contributed by atoms with Crippen molar-refractivity contribution in [2.75, 3.05) is 0 Å². The van der Waals surface area contributed by atoms with Crippen molar-refractivity contribution in [2.45, 2.75) is 25.3 Å². The second-order valence-corrected chi connectivity index (χ2v) is 9.36. The lowest BCUT2D eigenvalue weighted by Gasteiger charge is -2.09. The standard InChI is InChI=1S/C24H24N4O2S/c1-17-4-10-21(11-5-17)31(29,30)26-15-19-6-8-20(9-7-19)24-23(16-28(3)27-24)22-12-13-25-14-18(22)2/h4-14,16,26H,15H2,1-3H3. The van der Waals surface area contributed by atoms with Gasteiger partial charge in [0.1, 0.15) is 5.69 Å². The van der Waals surface area contributed by atoms with Crippen LogP contribution in [-0.4, -0.2) is 23.2 Å². The zero-order valence-electron chi connectivity index (χ0n) is 17.7. The Morgan fingerprint density at radius 3 is 2.32 bits per heavy atom. The predicted molar refractivity (Wildman–Crippen MR) is 122 cm³/mol. The summed E-state index contributed by atoms with van der Waals surface area (Å²) in [4.78, 5) is 4.44. The van der Waals surface area contributed by atoms with E-state index in [1.165, 1.54) is 0 Å². The molecule has 0 unspecified atom stereocenters. The topological polar surface area (TPSA) is 76.9 Å². The van der Waals surface area contributed by atoms with Gasteiger partial charge in [0.2, 0.25) is 10.0 Å². The Morgan fingerprint density at radius 1 is 0.935 bits per heavy atom. The molecule has 0 radical (unpaired) electrons. The molecule has 6 nitrogen and oxygen atoms in total. The lowest BCUT2D eigenvalue weighted by molar-refractivity contribution is 0.581. The minimum Gasteiger partial charge on any atom is -0.275 e. The van der Waals surface area contributed by atoms with Crippen molar-refractivity contribution in [1.82, 2.24) is 19.5 Å². The Kier molecular flexibility index (Phi) is 5.71. The smallest absolute Gasteiger partial charge is 0.240 e. The Hall–Kier alpha value is -3.29. The molecule has 0 atom stereocenters. The molecule has 0 aliphatic carbocycles. The van der Waals surface area contributed by atoms with Crippen molar-refractivity contribution in [2.24, 2.45) is 7.05 Å². The molecule has 1 N–H and O–H groups in total. The van der Waals surface area contributed by atoms with Crippen LogP contribution in [0.3, 0.4) is 0 Å². The number of pyridine rings is 1. The maximum absolute atomic E-state index is 12.5. The number of sulfonamides is 1. The van der Waals surface area contributed by atoms with E-state index in [2.05, 4.69) is 14.8 Å². The molecule has 0 bridgehead atoms. The van der Waals surface area contributed by atoms with Crippen LogP contribution in [0.25, 0.3) is 22.4 Å². The Bertz CT molecular complexity index is 1310. The summed E-state index contributed by atoms with van der Waals surface area (Å²) in [5, 5.41) is 4.64. The quantitative estimate of drug-likeness (QED) is 0.494. The zero-order valence-corrected chi connectivity index (χ0v) is 18.5. The number of nitrogens with one attached hydrogen (secondary N) is 1. The number of rotatable bonds is 6. The van der Waals surface area contributed by atoms with Gasteiger partial charge in [0.25, 0.3) is 0 Å². The molecule has 0 aliphatic rings. The number of hydrogen-bond donors (Lipinski definition) is 1. The molecule has 2 aromatic carbocycles. The first kappa shape index (κ1) is 21.0. The molecular formula is C24H24N4O2S. The normalized spacial score (nSPS) is 11.6. The van der Waals surface area contributed by atoms with Gasteiger partial charge in [0.05, 0.1) is 4.90 Å². The summed E-state index contributed by atoms with van der Waals surface area (Å²) in [5.41, 5.74) is 6.95. The fourth-order valence-electron chi connectivity index (χ4n) is 3.43. The maximum Gasteiger partial charge on any atom is 0.240 e. The second-order valence-electron chi connectivity index (χ2n) is 7.59. The molecule has 7 heteroatoms. The van der Waals surface area contributed by atoms with E-state index in [0.717, 1.165) is 39.1 Å². The summed E-state index contributed by atoms with van der Waals surface area (Å²) in [6.07, 6.45) is 5.62. The van der Waals surface area contributed by atoms with Gasteiger partial charge in [-0.3, -0.25) is 9.67 Å². The van der Waals surface area contributed by atoms with E-state index in [9.17, 15) is 8.42 Å². The van der Waals surface area contributed by atoms with Crippen LogP contribution >= 0.6 is 0 Å². The van der Waals surface area contributed by atoms with Crippen molar-refractivity contribution in [3.63, 3.8) is 0 Å². The van der Waals surface area contributed by atoms with Gasteiger partial charge in [-0.2, -0.15) is 5.10 Å². The minimum absolute atomic E-state index is 0.217. The summed E-state index contributed by atoms with van der Waals surface area (Å²) in [5.74, 6) is 0. The molecule has 0 aliphatic heterocycles.